The molecule has 0 aliphatic rings. The second kappa shape index (κ2) is 6.54. The molecule has 0 atom stereocenters. The molecule has 5 heteroatoms. The highest BCUT2D eigenvalue weighted by Gasteiger charge is 2.10. The molecule has 0 saturated heterocycles. The molecule has 5 nitrogen and oxygen atoms in total. The molecular formula is C13H24N4O. The zero-order valence-electron chi connectivity index (χ0n) is 12.0. The van der Waals surface area contributed by atoms with E-state index in [1.807, 2.05) is 18.9 Å². The van der Waals surface area contributed by atoms with E-state index in [9.17, 15) is 0 Å². The molecule has 18 heavy (non-hydrogen) atoms. The minimum Gasteiger partial charge on any atom is -0.478 e. The Morgan fingerprint density at radius 2 is 2.11 bits per heavy atom. The highest BCUT2D eigenvalue weighted by atomic mass is 16.5. The van der Waals surface area contributed by atoms with Crippen molar-refractivity contribution in [2.75, 3.05) is 31.6 Å². The largest absolute Gasteiger partial charge is 0.478 e. The van der Waals surface area contributed by atoms with Crippen molar-refractivity contribution in [1.82, 2.24) is 15.3 Å². The Hall–Kier alpha value is -1.36. The van der Waals surface area contributed by atoms with Crippen molar-refractivity contribution in [3.8, 4) is 5.88 Å². The highest BCUT2D eigenvalue weighted by Crippen LogP contribution is 2.11. The molecule has 1 N–H and O–H groups in total. The molecule has 0 spiro atoms. The molecule has 0 aliphatic heterocycles. The predicted molar refractivity (Wildman–Crippen MR) is 74.2 cm³/mol. The topological polar surface area (TPSA) is 50.3 Å². The minimum atomic E-state index is 0.134. The van der Waals surface area contributed by atoms with Gasteiger partial charge in [-0.25, -0.2) is 4.98 Å². The number of ether oxygens (including phenoxy) is 1. The van der Waals surface area contributed by atoms with Gasteiger partial charge in [0.15, 0.2) is 0 Å². The Morgan fingerprint density at radius 3 is 2.72 bits per heavy atom. The monoisotopic (exact) mass is 252 g/mol. The van der Waals surface area contributed by atoms with E-state index in [2.05, 4.69) is 36.1 Å². The van der Waals surface area contributed by atoms with Crippen molar-refractivity contribution < 1.29 is 4.74 Å². The van der Waals surface area contributed by atoms with Gasteiger partial charge >= 0.3 is 0 Å². The average molecular weight is 252 g/mol. The van der Waals surface area contributed by atoms with E-state index in [-0.39, 0.29) is 5.54 Å². The van der Waals surface area contributed by atoms with Gasteiger partial charge in [-0.05, 0) is 27.7 Å². The fraction of sp³-hybridized carbons (Fsp3) is 0.692. The third-order valence-electron chi connectivity index (χ3n) is 2.35. The van der Waals surface area contributed by atoms with Gasteiger partial charge in [-0.3, -0.25) is 0 Å². The number of aromatic nitrogens is 2. The normalized spacial score (nSPS) is 11.4. The Bertz CT molecular complexity index is 362. The number of nitrogens with zero attached hydrogens (tertiary/aromatic N) is 3. The van der Waals surface area contributed by atoms with E-state index >= 15 is 0 Å². The van der Waals surface area contributed by atoms with Crippen molar-refractivity contribution >= 4 is 5.95 Å². The van der Waals surface area contributed by atoms with E-state index in [1.54, 1.807) is 12.3 Å². The van der Waals surface area contributed by atoms with Crippen molar-refractivity contribution in [2.24, 2.45) is 0 Å². The minimum absolute atomic E-state index is 0.134. The standard InChI is InChI=1S/C13H24N4O/c1-6-18-11-7-8-14-12(16-11)17(5)10-9-15-13(2,3)4/h7-8,15H,6,9-10H2,1-5H3. The van der Waals surface area contributed by atoms with Crippen LogP contribution in [0.2, 0.25) is 0 Å². The van der Waals surface area contributed by atoms with Gasteiger partial charge in [0.25, 0.3) is 0 Å². The summed E-state index contributed by atoms with van der Waals surface area (Å²) in [5.41, 5.74) is 0.134. The summed E-state index contributed by atoms with van der Waals surface area (Å²) in [4.78, 5) is 10.6. The summed E-state index contributed by atoms with van der Waals surface area (Å²) >= 11 is 0. The summed E-state index contributed by atoms with van der Waals surface area (Å²) < 4.78 is 5.36. The van der Waals surface area contributed by atoms with Gasteiger partial charge in [-0.2, -0.15) is 4.98 Å². The second-order valence-corrected chi connectivity index (χ2v) is 5.23. The lowest BCUT2D eigenvalue weighted by atomic mass is 10.1. The SMILES string of the molecule is CCOc1ccnc(N(C)CCNC(C)(C)C)n1. The summed E-state index contributed by atoms with van der Waals surface area (Å²) in [7, 11) is 1.98. The van der Waals surface area contributed by atoms with Crippen LogP contribution in [0.1, 0.15) is 27.7 Å². The Kier molecular flexibility index (Phi) is 5.34. The third kappa shape index (κ3) is 5.31. The van der Waals surface area contributed by atoms with Crippen LogP contribution in [-0.2, 0) is 0 Å². The maximum Gasteiger partial charge on any atom is 0.228 e. The molecule has 1 heterocycles. The molecule has 0 saturated carbocycles. The summed E-state index contributed by atoms with van der Waals surface area (Å²) in [5.74, 6) is 1.31. The van der Waals surface area contributed by atoms with E-state index in [4.69, 9.17) is 4.74 Å². The molecule has 1 rings (SSSR count). The lowest BCUT2D eigenvalue weighted by molar-refractivity contribution is 0.326. The number of nitrogens with one attached hydrogen (secondary N) is 1. The first-order valence-corrected chi connectivity index (χ1v) is 6.34. The maximum atomic E-state index is 5.36. The van der Waals surface area contributed by atoms with Crippen LogP contribution in [0.15, 0.2) is 12.3 Å². The lowest BCUT2D eigenvalue weighted by Crippen LogP contribution is -2.40. The van der Waals surface area contributed by atoms with Gasteiger partial charge in [-0.15, -0.1) is 0 Å². The quantitative estimate of drug-likeness (QED) is 0.835. The maximum absolute atomic E-state index is 5.36. The van der Waals surface area contributed by atoms with Gasteiger partial charge in [0.2, 0.25) is 11.8 Å². The molecule has 0 radical (unpaired) electrons. The van der Waals surface area contributed by atoms with Gasteiger partial charge < -0.3 is 15.0 Å². The van der Waals surface area contributed by atoms with E-state index in [1.165, 1.54) is 0 Å². The number of likely N-dealkylation sites (N-methyl/N-ethyl adjacent to an activating group) is 1. The average Bonchev–Trinajstić information content (AvgIpc) is 2.28. The van der Waals surface area contributed by atoms with Crippen molar-refractivity contribution in [3.05, 3.63) is 12.3 Å². The van der Waals surface area contributed by atoms with E-state index in [0.29, 0.717) is 18.4 Å². The molecule has 0 amide bonds. The van der Waals surface area contributed by atoms with Crippen LogP contribution in [0.3, 0.4) is 0 Å². The smallest absolute Gasteiger partial charge is 0.228 e. The van der Waals surface area contributed by atoms with Crippen LogP contribution in [0.25, 0.3) is 0 Å². The number of anilines is 1. The van der Waals surface area contributed by atoms with Crippen LogP contribution in [-0.4, -0.2) is 42.3 Å². The molecule has 0 fully saturated rings. The van der Waals surface area contributed by atoms with Crippen LogP contribution in [0.4, 0.5) is 5.95 Å². The van der Waals surface area contributed by atoms with E-state index in [0.717, 1.165) is 13.1 Å². The fourth-order valence-electron chi connectivity index (χ4n) is 1.44. The molecule has 0 aliphatic carbocycles. The predicted octanol–water partition coefficient (Wildman–Crippen LogP) is 1.70. The first kappa shape index (κ1) is 14.7. The lowest BCUT2D eigenvalue weighted by Gasteiger charge is -2.23. The molecule has 102 valence electrons. The van der Waals surface area contributed by atoms with Crippen LogP contribution >= 0.6 is 0 Å². The molecule has 0 aromatic carbocycles. The highest BCUT2D eigenvalue weighted by molar-refractivity contribution is 5.30. The zero-order valence-corrected chi connectivity index (χ0v) is 12.0. The zero-order chi connectivity index (χ0) is 13.6. The van der Waals surface area contributed by atoms with Crippen LogP contribution < -0.4 is 15.0 Å². The summed E-state index contributed by atoms with van der Waals surface area (Å²) in [5, 5.41) is 3.43. The first-order valence-electron chi connectivity index (χ1n) is 6.34. The first-order chi connectivity index (χ1) is 8.42. The van der Waals surface area contributed by atoms with Gasteiger partial charge in [0.05, 0.1) is 6.61 Å². The van der Waals surface area contributed by atoms with Crippen LogP contribution in [0, 0.1) is 0 Å². The molecular weight excluding hydrogens is 228 g/mol. The summed E-state index contributed by atoms with van der Waals surface area (Å²) in [6, 6.07) is 1.77. The summed E-state index contributed by atoms with van der Waals surface area (Å²) in [6.07, 6.45) is 1.72. The second-order valence-electron chi connectivity index (χ2n) is 5.23. The summed E-state index contributed by atoms with van der Waals surface area (Å²) in [6.45, 7) is 10.8. The molecule has 0 bridgehead atoms. The fourth-order valence-corrected chi connectivity index (χ4v) is 1.44. The van der Waals surface area contributed by atoms with E-state index < -0.39 is 0 Å². The molecule has 1 aromatic rings. The Labute approximate surface area is 110 Å². The Morgan fingerprint density at radius 1 is 1.39 bits per heavy atom. The Balaban J connectivity index is 2.50. The number of hydrogen-bond donors (Lipinski definition) is 1. The number of hydrogen-bond acceptors (Lipinski definition) is 5. The van der Waals surface area contributed by atoms with Gasteiger partial charge in [-0.1, -0.05) is 0 Å². The van der Waals surface area contributed by atoms with Crippen molar-refractivity contribution in [3.63, 3.8) is 0 Å². The molecule has 0 unspecified atom stereocenters. The third-order valence-corrected chi connectivity index (χ3v) is 2.35. The van der Waals surface area contributed by atoms with Crippen LogP contribution in [0.5, 0.6) is 5.88 Å². The number of rotatable bonds is 6. The van der Waals surface area contributed by atoms with Gasteiger partial charge in [0.1, 0.15) is 0 Å². The molecule has 1 aromatic heterocycles. The van der Waals surface area contributed by atoms with Gasteiger partial charge in [0, 0.05) is 37.9 Å². The van der Waals surface area contributed by atoms with Crippen molar-refractivity contribution in [1.29, 1.82) is 0 Å². The van der Waals surface area contributed by atoms with Crippen molar-refractivity contribution in [2.45, 2.75) is 33.2 Å².